The number of nitrogens with zero attached hydrogens (tertiary/aromatic N) is 3. The van der Waals surface area contributed by atoms with E-state index in [2.05, 4.69) is 27.4 Å². The second-order valence-corrected chi connectivity index (χ2v) is 8.31. The first-order chi connectivity index (χ1) is 16.5. The van der Waals surface area contributed by atoms with Gasteiger partial charge in [-0.1, -0.05) is 42.5 Å². The van der Waals surface area contributed by atoms with Gasteiger partial charge in [0.1, 0.15) is 24.2 Å². The molecule has 3 heterocycles. The molecule has 2 amide bonds. The average molecular weight is 464 g/mol. The molecule has 34 heavy (non-hydrogen) atoms. The number of anilines is 1. The van der Waals surface area contributed by atoms with E-state index in [9.17, 15) is 9.59 Å². The van der Waals surface area contributed by atoms with Crippen molar-refractivity contribution >= 4 is 17.5 Å². The van der Waals surface area contributed by atoms with Crippen LogP contribution in [0.15, 0.2) is 54.6 Å². The van der Waals surface area contributed by atoms with E-state index >= 15 is 0 Å². The number of benzene rings is 2. The maximum atomic E-state index is 12.7. The summed E-state index contributed by atoms with van der Waals surface area (Å²) >= 11 is 0. The van der Waals surface area contributed by atoms with Crippen molar-refractivity contribution in [1.29, 1.82) is 0 Å². The molecule has 0 spiro atoms. The lowest BCUT2D eigenvalue weighted by molar-refractivity contribution is -0.120. The molecular weight excluding hydrogens is 434 g/mol. The van der Waals surface area contributed by atoms with E-state index in [4.69, 9.17) is 9.47 Å². The third-order valence-corrected chi connectivity index (χ3v) is 5.69. The summed E-state index contributed by atoms with van der Waals surface area (Å²) in [6, 6.07) is 16.2. The molecule has 1 fully saturated rings. The molecule has 0 bridgehead atoms. The molecule has 2 aliphatic rings. The summed E-state index contributed by atoms with van der Waals surface area (Å²) in [5, 5.41) is 10.6. The van der Waals surface area contributed by atoms with Crippen LogP contribution in [-0.2, 0) is 16.0 Å². The molecule has 178 valence electrons. The summed E-state index contributed by atoms with van der Waals surface area (Å²) in [6.45, 7) is 3.14. The van der Waals surface area contributed by atoms with Crippen molar-refractivity contribution in [1.82, 2.24) is 20.5 Å². The van der Waals surface area contributed by atoms with E-state index in [-0.39, 0.29) is 18.3 Å². The number of aromatic amines is 1. The molecule has 3 aromatic rings. The molecule has 1 saturated heterocycles. The predicted molar refractivity (Wildman–Crippen MR) is 127 cm³/mol. The topological polar surface area (TPSA) is 109 Å². The summed E-state index contributed by atoms with van der Waals surface area (Å²) in [4.78, 5) is 29.6. The number of hydrogen-bond donors (Lipinski definition) is 2. The van der Waals surface area contributed by atoms with Gasteiger partial charge in [-0.2, -0.15) is 0 Å². The van der Waals surface area contributed by atoms with Crippen LogP contribution in [0.2, 0.25) is 0 Å². The number of carbonyl (C=O) groups excluding carboxylic acids is 2. The van der Waals surface area contributed by atoms with Crippen molar-refractivity contribution in [3.63, 3.8) is 0 Å². The highest BCUT2D eigenvalue weighted by Gasteiger charge is 2.31. The first kappa shape index (κ1) is 23.4. The largest absolute Gasteiger partial charge is 0.489 e. The molecule has 2 aliphatic heterocycles. The van der Waals surface area contributed by atoms with Crippen molar-refractivity contribution in [3.8, 4) is 5.75 Å². The Kier molecular flexibility index (Phi) is 7.54. The van der Waals surface area contributed by atoms with Gasteiger partial charge in [0.25, 0.3) is 11.8 Å². The summed E-state index contributed by atoms with van der Waals surface area (Å²) in [5.41, 5.74) is 1.71. The van der Waals surface area contributed by atoms with Crippen LogP contribution >= 0.6 is 0 Å². The third-order valence-electron chi connectivity index (χ3n) is 5.69. The van der Waals surface area contributed by atoms with Crippen molar-refractivity contribution in [2.75, 3.05) is 25.2 Å². The summed E-state index contributed by atoms with van der Waals surface area (Å²) in [6.07, 6.45) is 3.61. The Hall–Kier alpha value is -3.72. The molecule has 0 radical (unpaired) electrons. The zero-order valence-electron chi connectivity index (χ0n) is 19.4. The molecule has 0 aliphatic carbocycles. The minimum Gasteiger partial charge on any atom is -0.489 e. The molecule has 2 atom stereocenters. The Morgan fingerprint density at radius 3 is 2.62 bits per heavy atom. The Labute approximate surface area is 198 Å². The van der Waals surface area contributed by atoms with Crippen LogP contribution in [0.4, 0.5) is 5.69 Å². The number of amides is 2. The summed E-state index contributed by atoms with van der Waals surface area (Å²) < 4.78 is 10.9. The van der Waals surface area contributed by atoms with Crippen LogP contribution in [0.3, 0.4) is 0 Å². The first-order valence-corrected chi connectivity index (χ1v) is 11.4. The second kappa shape index (κ2) is 10.9. The first-order valence-electron chi connectivity index (χ1n) is 11.4. The number of likely N-dealkylation sites (N-methyl/N-ethyl adjacent to an activating group) is 1. The number of H-pyrrole nitrogens is 1. The summed E-state index contributed by atoms with van der Waals surface area (Å²) in [5.74, 6) is 0.461. The molecule has 2 aromatic carbocycles. The zero-order valence-corrected chi connectivity index (χ0v) is 19.4. The highest BCUT2D eigenvalue weighted by molar-refractivity contribution is 6.02. The quantitative estimate of drug-likeness (QED) is 0.616. The zero-order chi connectivity index (χ0) is 23.9. The van der Waals surface area contributed by atoms with E-state index in [1.807, 2.05) is 42.5 Å². The Balaban J connectivity index is 0.000000398. The van der Waals surface area contributed by atoms with Crippen LogP contribution < -0.4 is 15.0 Å². The van der Waals surface area contributed by atoms with Crippen molar-refractivity contribution in [2.45, 2.75) is 38.3 Å². The van der Waals surface area contributed by atoms with Crippen molar-refractivity contribution in [3.05, 3.63) is 71.8 Å². The molecule has 9 heteroatoms. The normalized spacial score (nSPS) is 19.4. The highest BCUT2D eigenvalue weighted by atomic mass is 16.5. The summed E-state index contributed by atoms with van der Waals surface area (Å²) in [7, 11) is 1.65. The van der Waals surface area contributed by atoms with Crippen LogP contribution in [-0.4, -0.2) is 59.4 Å². The molecule has 0 saturated carbocycles. The van der Waals surface area contributed by atoms with Crippen molar-refractivity contribution < 1.29 is 19.1 Å². The number of carbonyl (C=O) groups is 2. The van der Waals surface area contributed by atoms with Gasteiger partial charge in [-0.05, 0) is 37.5 Å². The number of hydrogen-bond acceptors (Lipinski definition) is 6. The second-order valence-electron chi connectivity index (χ2n) is 8.31. The van der Waals surface area contributed by atoms with Gasteiger partial charge in [0.05, 0.1) is 11.8 Å². The smallest absolute Gasteiger partial charge is 0.289 e. The lowest BCUT2D eigenvalue weighted by Crippen LogP contribution is -2.49. The van der Waals surface area contributed by atoms with E-state index in [0.29, 0.717) is 29.8 Å². The number of nitrogens with one attached hydrogen (secondary N) is 2. The molecule has 1 aromatic heterocycles. The van der Waals surface area contributed by atoms with Gasteiger partial charge < -0.3 is 24.7 Å². The van der Waals surface area contributed by atoms with Crippen LogP contribution in [0, 0.1) is 0 Å². The molecule has 2 N–H and O–H groups in total. The SMILES string of the molecule is CC1CCCO1.CN1C(=O)C(NC(=O)c2nnc(Cc3ccccc3)[nH]2)COc2ccccc21. The fraction of sp³-hybridized carbons (Fsp3) is 0.360. The Morgan fingerprint density at radius 1 is 1.15 bits per heavy atom. The van der Waals surface area contributed by atoms with E-state index in [1.165, 1.54) is 17.7 Å². The fourth-order valence-corrected chi connectivity index (χ4v) is 3.79. The minimum absolute atomic E-state index is 0.0386. The van der Waals surface area contributed by atoms with Crippen LogP contribution in [0.5, 0.6) is 5.75 Å². The van der Waals surface area contributed by atoms with Crippen LogP contribution in [0.25, 0.3) is 0 Å². The van der Waals surface area contributed by atoms with Crippen LogP contribution in [0.1, 0.15) is 41.8 Å². The van der Waals surface area contributed by atoms with E-state index < -0.39 is 11.9 Å². The highest BCUT2D eigenvalue weighted by Crippen LogP contribution is 2.29. The van der Waals surface area contributed by atoms with Gasteiger partial charge >= 0.3 is 0 Å². The van der Waals surface area contributed by atoms with Crippen molar-refractivity contribution in [2.24, 2.45) is 0 Å². The number of aromatic nitrogens is 3. The van der Waals surface area contributed by atoms with E-state index in [0.717, 1.165) is 12.2 Å². The number of rotatable bonds is 4. The maximum absolute atomic E-state index is 12.7. The third kappa shape index (κ3) is 5.79. The number of fused-ring (bicyclic) bond motifs is 1. The average Bonchev–Trinajstić information content (AvgIpc) is 3.51. The van der Waals surface area contributed by atoms with Gasteiger partial charge in [0, 0.05) is 20.1 Å². The van der Waals surface area contributed by atoms with Gasteiger partial charge in [0.2, 0.25) is 5.82 Å². The maximum Gasteiger partial charge on any atom is 0.289 e. The monoisotopic (exact) mass is 463 g/mol. The Bertz CT molecular complexity index is 1110. The standard InChI is InChI=1S/C20H19N5O3.C5H10O/c1-25-15-9-5-6-10-16(15)28-12-14(20(25)27)21-19(26)18-22-17(23-24-18)11-13-7-3-2-4-8-13;1-5-3-2-4-6-5/h2-10,14H,11-12H2,1H3,(H,21,26)(H,22,23,24);5H,2-4H2,1H3. The van der Waals surface area contributed by atoms with Gasteiger partial charge in [-0.3, -0.25) is 9.59 Å². The Morgan fingerprint density at radius 2 is 1.91 bits per heavy atom. The van der Waals surface area contributed by atoms with Gasteiger partial charge in [0.15, 0.2) is 0 Å². The number of para-hydroxylation sites is 2. The minimum atomic E-state index is -0.826. The lowest BCUT2D eigenvalue weighted by atomic mass is 10.1. The molecule has 2 unspecified atom stereocenters. The predicted octanol–water partition coefficient (Wildman–Crippen LogP) is 2.73. The number of ether oxygens (including phenoxy) is 2. The molecule has 5 rings (SSSR count). The molecule has 9 nitrogen and oxygen atoms in total. The van der Waals surface area contributed by atoms with Gasteiger partial charge in [-0.15, -0.1) is 10.2 Å². The van der Waals surface area contributed by atoms with E-state index in [1.54, 1.807) is 19.2 Å². The molecular formula is C25H29N5O4. The van der Waals surface area contributed by atoms with Gasteiger partial charge in [-0.25, -0.2) is 0 Å². The fourth-order valence-electron chi connectivity index (χ4n) is 3.79. The lowest BCUT2D eigenvalue weighted by Gasteiger charge is -2.19.